The van der Waals surface area contributed by atoms with Gasteiger partial charge in [-0.1, -0.05) is 12.1 Å². The van der Waals surface area contributed by atoms with Crippen LogP contribution in [0.15, 0.2) is 47.4 Å². The Hall–Kier alpha value is -2.34. The number of nitrogens with one attached hydrogen (secondary N) is 1. The van der Waals surface area contributed by atoms with E-state index in [0.29, 0.717) is 17.0 Å². The second-order valence-electron chi connectivity index (χ2n) is 4.87. The Bertz CT molecular complexity index is 813. The third kappa shape index (κ3) is 3.46. The first-order valence-electron chi connectivity index (χ1n) is 6.62. The van der Waals surface area contributed by atoms with E-state index in [4.69, 9.17) is 4.74 Å². The number of ketones is 1. The molecule has 22 heavy (non-hydrogen) atoms. The Morgan fingerprint density at radius 1 is 1.14 bits per heavy atom. The Balaban J connectivity index is 2.33. The van der Waals surface area contributed by atoms with Crippen LogP contribution in [0.5, 0.6) is 5.75 Å². The van der Waals surface area contributed by atoms with Crippen LogP contribution in [0.25, 0.3) is 0 Å². The molecular weight excluding hydrogens is 302 g/mol. The molecule has 0 spiro atoms. The fourth-order valence-corrected chi connectivity index (χ4v) is 3.17. The molecule has 6 heteroatoms. The van der Waals surface area contributed by atoms with Crippen LogP contribution >= 0.6 is 0 Å². The van der Waals surface area contributed by atoms with E-state index in [-0.39, 0.29) is 10.7 Å². The Morgan fingerprint density at radius 3 is 2.45 bits per heavy atom. The van der Waals surface area contributed by atoms with Crippen molar-refractivity contribution in [1.82, 2.24) is 0 Å². The van der Waals surface area contributed by atoms with Crippen LogP contribution in [0, 0.1) is 6.92 Å². The van der Waals surface area contributed by atoms with Crippen LogP contribution in [-0.2, 0) is 10.0 Å². The number of carbonyl (C=O) groups excluding carboxylic acids is 1. The maximum Gasteiger partial charge on any atom is 0.261 e. The van der Waals surface area contributed by atoms with Crippen LogP contribution in [0.1, 0.15) is 22.8 Å². The molecule has 116 valence electrons. The van der Waals surface area contributed by atoms with Crippen molar-refractivity contribution in [2.75, 3.05) is 11.8 Å². The summed E-state index contributed by atoms with van der Waals surface area (Å²) in [6.45, 7) is 3.20. The average Bonchev–Trinajstić information content (AvgIpc) is 2.47. The van der Waals surface area contributed by atoms with Crippen molar-refractivity contribution in [3.8, 4) is 5.75 Å². The van der Waals surface area contributed by atoms with Gasteiger partial charge in [0.25, 0.3) is 10.0 Å². The molecule has 2 aromatic carbocycles. The summed E-state index contributed by atoms with van der Waals surface area (Å²) in [5, 5.41) is 0. The summed E-state index contributed by atoms with van der Waals surface area (Å²) in [5.74, 6) is 0.499. The van der Waals surface area contributed by atoms with Gasteiger partial charge >= 0.3 is 0 Å². The van der Waals surface area contributed by atoms with Crippen molar-refractivity contribution in [2.24, 2.45) is 0 Å². The van der Waals surface area contributed by atoms with E-state index < -0.39 is 10.0 Å². The van der Waals surface area contributed by atoms with Crippen LogP contribution < -0.4 is 9.46 Å². The van der Waals surface area contributed by atoms with Crippen LogP contribution in [0.4, 0.5) is 5.69 Å². The molecule has 0 unspecified atom stereocenters. The number of aryl methyl sites for hydroxylation is 1. The molecule has 0 fully saturated rings. The average molecular weight is 319 g/mol. The Morgan fingerprint density at radius 2 is 1.86 bits per heavy atom. The third-order valence-electron chi connectivity index (χ3n) is 3.20. The zero-order valence-corrected chi connectivity index (χ0v) is 13.4. The normalized spacial score (nSPS) is 11.0. The molecule has 5 nitrogen and oxygen atoms in total. The Kier molecular flexibility index (Phi) is 4.51. The third-order valence-corrected chi connectivity index (χ3v) is 4.58. The maximum absolute atomic E-state index is 12.4. The largest absolute Gasteiger partial charge is 0.496 e. The molecule has 0 aromatic heterocycles. The number of hydrogen-bond donors (Lipinski definition) is 1. The highest BCUT2D eigenvalue weighted by Crippen LogP contribution is 2.23. The van der Waals surface area contributed by atoms with Gasteiger partial charge in [0.05, 0.1) is 12.0 Å². The molecule has 1 N–H and O–H groups in total. The summed E-state index contributed by atoms with van der Waals surface area (Å²) >= 11 is 0. The highest BCUT2D eigenvalue weighted by atomic mass is 32.2. The molecule has 0 saturated carbocycles. The number of ether oxygens (including phenoxy) is 1. The van der Waals surface area contributed by atoms with Gasteiger partial charge in [0.1, 0.15) is 5.75 Å². The van der Waals surface area contributed by atoms with Crippen molar-refractivity contribution >= 4 is 21.5 Å². The zero-order valence-electron chi connectivity index (χ0n) is 12.6. The summed E-state index contributed by atoms with van der Waals surface area (Å²) < 4.78 is 32.4. The number of benzene rings is 2. The lowest BCUT2D eigenvalue weighted by molar-refractivity contribution is 0.101. The number of methoxy groups -OCH3 is 1. The maximum atomic E-state index is 12.4. The summed E-state index contributed by atoms with van der Waals surface area (Å²) in [7, 11) is -2.19. The fraction of sp³-hybridized carbons (Fsp3) is 0.188. The van der Waals surface area contributed by atoms with Crippen LogP contribution in [-0.4, -0.2) is 21.3 Å². The molecule has 0 radical (unpaired) electrons. The fourth-order valence-electron chi connectivity index (χ4n) is 2.03. The van der Waals surface area contributed by atoms with Gasteiger partial charge in [0.15, 0.2) is 5.78 Å². The SMILES string of the molecule is COc1ccc(S(=O)(=O)Nc2cccc(C(C)=O)c2)cc1C. The van der Waals surface area contributed by atoms with Crippen molar-refractivity contribution in [3.63, 3.8) is 0 Å². The lowest BCUT2D eigenvalue weighted by Gasteiger charge is -2.11. The first-order chi connectivity index (χ1) is 10.3. The predicted octanol–water partition coefficient (Wildman–Crippen LogP) is 3.01. The van der Waals surface area contributed by atoms with E-state index in [1.54, 1.807) is 31.2 Å². The molecule has 0 amide bonds. The van der Waals surface area contributed by atoms with Crippen LogP contribution in [0.3, 0.4) is 0 Å². The Labute approximate surface area is 130 Å². The first-order valence-corrected chi connectivity index (χ1v) is 8.10. The minimum Gasteiger partial charge on any atom is -0.496 e. The highest BCUT2D eigenvalue weighted by molar-refractivity contribution is 7.92. The van der Waals surface area contributed by atoms with Gasteiger partial charge in [-0.25, -0.2) is 8.42 Å². The van der Waals surface area contributed by atoms with Gasteiger partial charge in [-0.2, -0.15) is 0 Å². The lowest BCUT2D eigenvalue weighted by Crippen LogP contribution is -2.13. The van der Waals surface area contributed by atoms with E-state index in [1.807, 2.05) is 0 Å². The molecule has 2 aromatic rings. The molecule has 0 aliphatic heterocycles. The first kappa shape index (κ1) is 16.0. The quantitative estimate of drug-likeness (QED) is 0.860. The summed E-state index contributed by atoms with van der Waals surface area (Å²) in [6, 6.07) is 11.0. The molecule has 0 bridgehead atoms. The monoisotopic (exact) mass is 319 g/mol. The molecule has 2 rings (SSSR count). The molecule has 0 heterocycles. The number of hydrogen-bond acceptors (Lipinski definition) is 4. The van der Waals surface area contributed by atoms with Gasteiger partial charge in [-0.3, -0.25) is 9.52 Å². The van der Waals surface area contributed by atoms with Gasteiger partial charge in [0.2, 0.25) is 0 Å². The van der Waals surface area contributed by atoms with E-state index in [0.717, 1.165) is 5.56 Å². The summed E-state index contributed by atoms with van der Waals surface area (Å²) in [5.41, 5.74) is 1.52. The molecule has 0 atom stereocenters. The molecular formula is C16H17NO4S. The standard InChI is InChI=1S/C16H17NO4S/c1-11-9-15(7-8-16(11)21-3)22(19,20)17-14-6-4-5-13(10-14)12(2)18/h4-10,17H,1-3H3. The van der Waals surface area contributed by atoms with Crippen molar-refractivity contribution in [2.45, 2.75) is 18.7 Å². The van der Waals surface area contributed by atoms with Crippen molar-refractivity contribution < 1.29 is 17.9 Å². The topological polar surface area (TPSA) is 72.5 Å². The molecule has 0 aliphatic carbocycles. The van der Waals surface area contributed by atoms with E-state index in [9.17, 15) is 13.2 Å². The van der Waals surface area contributed by atoms with Crippen LogP contribution in [0.2, 0.25) is 0 Å². The predicted molar refractivity (Wildman–Crippen MR) is 85.0 cm³/mol. The lowest BCUT2D eigenvalue weighted by atomic mass is 10.1. The van der Waals surface area contributed by atoms with Gasteiger partial charge in [-0.05, 0) is 49.7 Å². The van der Waals surface area contributed by atoms with E-state index in [1.165, 1.54) is 32.2 Å². The van der Waals surface area contributed by atoms with E-state index >= 15 is 0 Å². The van der Waals surface area contributed by atoms with Gasteiger partial charge in [-0.15, -0.1) is 0 Å². The second-order valence-corrected chi connectivity index (χ2v) is 6.56. The number of sulfonamides is 1. The summed E-state index contributed by atoms with van der Waals surface area (Å²) in [4.78, 5) is 11.5. The van der Waals surface area contributed by atoms with Gasteiger partial charge < -0.3 is 4.74 Å². The van der Waals surface area contributed by atoms with Crippen molar-refractivity contribution in [1.29, 1.82) is 0 Å². The second kappa shape index (κ2) is 6.19. The van der Waals surface area contributed by atoms with Gasteiger partial charge in [0, 0.05) is 11.3 Å². The van der Waals surface area contributed by atoms with Crippen molar-refractivity contribution in [3.05, 3.63) is 53.6 Å². The number of carbonyl (C=O) groups is 1. The molecule has 0 saturated heterocycles. The smallest absolute Gasteiger partial charge is 0.261 e. The highest BCUT2D eigenvalue weighted by Gasteiger charge is 2.16. The zero-order chi connectivity index (χ0) is 16.3. The number of rotatable bonds is 5. The number of anilines is 1. The molecule has 0 aliphatic rings. The minimum absolute atomic E-state index is 0.124. The minimum atomic E-state index is -3.72. The number of Topliss-reactive ketones (excluding diaryl/α,β-unsaturated/α-hetero) is 1. The van der Waals surface area contributed by atoms with E-state index in [2.05, 4.69) is 4.72 Å². The summed E-state index contributed by atoms with van der Waals surface area (Å²) in [6.07, 6.45) is 0.